The molecule has 1 saturated heterocycles. The molecule has 0 spiro atoms. The lowest BCUT2D eigenvalue weighted by atomic mass is 9.95. The highest BCUT2D eigenvalue weighted by atomic mass is 16.3. The Hall–Kier alpha value is -1.69. The lowest BCUT2D eigenvalue weighted by Gasteiger charge is -2.37. The highest BCUT2D eigenvalue weighted by Gasteiger charge is 2.31. The van der Waals surface area contributed by atoms with Gasteiger partial charge in [-0.3, -0.25) is 4.79 Å². The van der Waals surface area contributed by atoms with Crippen LogP contribution in [0.1, 0.15) is 19.8 Å². The average Bonchev–Trinajstić information content (AvgIpc) is 2.38. The molecule has 0 bridgehead atoms. The molecule has 1 aliphatic heterocycles. The molecular formula is C13H20N4O2. The molecule has 0 radical (unpaired) electrons. The summed E-state index contributed by atoms with van der Waals surface area (Å²) in [6, 6.07) is 1.74. The van der Waals surface area contributed by atoms with E-state index >= 15 is 0 Å². The minimum absolute atomic E-state index is 0.00470. The molecule has 1 amide bonds. The zero-order valence-corrected chi connectivity index (χ0v) is 11.4. The predicted molar refractivity (Wildman–Crippen MR) is 71.7 cm³/mol. The number of hydrogen-bond donors (Lipinski definition) is 1. The van der Waals surface area contributed by atoms with E-state index in [1.54, 1.807) is 42.2 Å². The number of amides is 1. The molecule has 1 aromatic heterocycles. The molecule has 0 saturated carbocycles. The van der Waals surface area contributed by atoms with Crippen LogP contribution in [-0.4, -0.2) is 58.2 Å². The van der Waals surface area contributed by atoms with Gasteiger partial charge in [-0.05, 0) is 25.8 Å². The van der Waals surface area contributed by atoms with E-state index in [9.17, 15) is 9.90 Å². The van der Waals surface area contributed by atoms with Crippen molar-refractivity contribution in [3.63, 3.8) is 0 Å². The summed E-state index contributed by atoms with van der Waals surface area (Å²) in [4.78, 5) is 23.8. The second kappa shape index (κ2) is 5.52. The van der Waals surface area contributed by atoms with Crippen molar-refractivity contribution in [3.05, 3.63) is 18.5 Å². The van der Waals surface area contributed by atoms with E-state index in [0.717, 1.165) is 12.8 Å². The first-order chi connectivity index (χ1) is 8.98. The van der Waals surface area contributed by atoms with Crippen LogP contribution in [0.15, 0.2) is 18.5 Å². The molecule has 1 N–H and O–H groups in total. The molecule has 2 rings (SSSR count). The third kappa shape index (κ3) is 3.64. The van der Waals surface area contributed by atoms with Gasteiger partial charge in [0.15, 0.2) is 0 Å². The summed E-state index contributed by atoms with van der Waals surface area (Å²) < 4.78 is 0. The number of carbonyl (C=O) groups excluding carboxylic acids is 1. The van der Waals surface area contributed by atoms with E-state index in [-0.39, 0.29) is 12.5 Å². The number of rotatable bonds is 3. The average molecular weight is 264 g/mol. The van der Waals surface area contributed by atoms with Gasteiger partial charge in [0.05, 0.1) is 12.1 Å². The fourth-order valence-corrected chi connectivity index (χ4v) is 2.29. The van der Waals surface area contributed by atoms with Gasteiger partial charge in [-0.15, -0.1) is 0 Å². The number of aliphatic hydroxyl groups is 1. The van der Waals surface area contributed by atoms with Gasteiger partial charge in [0, 0.05) is 32.5 Å². The molecule has 6 nitrogen and oxygen atoms in total. The molecule has 6 heteroatoms. The maximum Gasteiger partial charge on any atom is 0.242 e. The molecule has 0 aliphatic carbocycles. The lowest BCUT2D eigenvalue weighted by Crippen LogP contribution is -2.51. The number of carbonyl (C=O) groups is 1. The molecule has 2 heterocycles. The van der Waals surface area contributed by atoms with Crippen molar-refractivity contribution in [2.75, 3.05) is 31.6 Å². The van der Waals surface area contributed by atoms with Gasteiger partial charge in [-0.1, -0.05) is 0 Å². The van der Waals surface area contributed by atoms with E-state index in [4.69, 9.17) is 0 Å². The Morgan fingerprint density at radius 3 is 2.84 bits per heavy atom. The fraction of sp³-hybridized carbons (Fsp3) is 0.615. The third-order valence-corrected chi connectivity index (χ3v) is 3.29. The van der Waals surface area contributed by atoms with Gasteiger partial charge in [0.1, 0.15) is 0 Å². The Bertz CT molecular complexity index is 436. The minimum Gasteiger partial charge on any atom is -0.388 e. The number of β-amino-alcohol motifs (C(OH)–C–C–N with tert-alkyl or cyclic N) is 1. The first kappa shape index (κ1) is 13.7. The number of hydrogen-bond acceptors (Lipinski definition) is 5. The Kier molecular flexibility index (Phi) is 3.99. The lowest BCUT2D eigenvalue weighted by molar-refractivity contribution is -0.135. The van der Waals surface area contributed by atoms with Crippen LogP contribution >= 0.6 is 0 Å². The fourth-order valence-electron chi connectivity index (χ4n) is 2.29. The van der Waals surface area contributed by atoms with E-state index in [1.807, 2.05) is 0 Å². The molecule has 1 aromatic rings. The van der Waals surface area contributed by atoms with Crippen LogP contribution in [0.5, 0.6) is 0 Å². The van der Waals surface area contributed by atoms with Gasteiger partial charge in [0.2, 0.25) is 11.9 Å². The van der Waals surface area contributed by atoms with Crippen molar-refractivity contribution in [1.82, 2.24) is 14.9 Å². The normalized spacial score (nSPS) is 23.2. The second-order valence-corrected chi connectivity index (χ2v) is 5.32. The Labute approximate surface area is 113 Å². The molecule has 1 aliphatic rings. The van der Waals surface area contributed by atoms with Crippen molar-refractivity contribution in [2.45, 2.75) is 25.4 Å². The largest absolute Gasteiger partial charge is 0.388 e. The van der Waals surface area contributed by atoms with Crippen molar-refractivity contribution < 1.29 is 9.90 Å². The van der Waals surface area contributed by atoms with Crippen LogP contribution in [-0.2, 0) is 4.79 Å². The van der Waals surface area contributed by atoms with Gasteiger partial charge in [-0.2, -0.15) is 0 Å². The monoisotopic (exact) mass is 264 g/mol. The van der Waals surface area contributed by atoms with E-state index in [1.165, 1.54) is 0 Å². The molecule has 104 valence electrons. The second-order valence-electron chi connectivity index (χ2n) is 5.32. The summed E-state index contributed by atoms with van der Waals surface area (Å²) in [6.45, 7) is 3.10. The van der Waals surface area contributed by atoms with Crippen LogP contribution in [0.2, 0.25) is 0 Å². The van der Waals surface area contributed by atoms with Crippen LogP contribution in [0.3, 0.4) is 0 Å². The van der Waals surface area contributed by atoms with Crippen molar-refractivity contribution in [2.24, 2.45) is 0 Å². The summed E-state index contributed by atoms with van der Waals surface area (Å²) in [6.07, 6.45) is 4.88. The number of nitrogens with zero attached hydrogens (tertiary/aromatic N) is 4. The summed E-state index contributed by atoms with van der Waals surface area (Å²) >= 11 is 0. The quantitative estimate of drug-likeness (QED) is 0.849. The Morgan fingerprint density at radius 2 is 2.21 bits per heavy atom. The molecule has 1 fully saturated rings. The number of likely N-dealkylation sites (N-methyl/N-ethyl adjacent to an activating group) is 1. The van der Waals surface area contributed by atoms with E-state index in [2.05, 4.69) is 9.97 Å². The standard InChI is InChI=1S/C13H20N4O2/c1-13(19)5-3-8-17(10-13)11(18)9-16(2)12-14-6-4-7-15-12/h4,6-7,19H,3,5,8-10H2,1-2H3. The predicted octanol–water partition coefficient (Wildman–Crippen LogP) is 0.286. The van der Waals surface area contributed by atoms with Gasteiger partial charge >= 0.3 is 0 Å². The number of aromatic nitrogens is 2. The Balaban J connectivity index is 1.94. The summed E-state index contributed by atoms with van der Waals surface area (Å²) in [5, 5.41) is 10.0. The SMILES string of the molecule is CN(CC(=O)N1CCCC(C)(O)C1)c1ncccn1. The third-order valence-electron chi connectivity index (χ3n) is 3.29. The zero-order valence-electron chi connectivity index (χ0n) is 11.4. The smallest absolute Gasteiger partial charge is 0.242 e. The van der Waals surface area contributed by atoms with Gasteiger partial charge in [0.25, 0.3) is 0 Å². The number of anilines is 1. The van der Waals surface area contributed by atoms with Crippen molar-refractivity contribution in [1.29, 1.82) is 0 Å². The highest BCUT2D eigenvalue weighted by molar-refractivity contribution is 5.81. The topological polar surface area (TPSA) is 69.6 Å². The van der Waals surface area contributed by atoms with Crippen molar-refractivity contribution >= 4 is 11.9 Å². The van der Waals surface area contributed by atoms with Crippen LogP contribution < -0.4 is 4.90 Å². The molecule has 1 atom stereocenters. The summed E-state index contributed by atoms with van der Waals surface area (Å²) in [5.41, 5.74) is -0.768. The van der Waals surface area contributed by atoms with Gasteiger partial charge in [-0.25, -0.2) is 9.97 Å². The summed E-state index contributed by atoms with van der Waals surface area (Å²) in [7, 11) is 1.79. The van der Waals surface area contributed by atoms with Gasteiger partial charge < -0.3 is 14.9 Å². The minimum atomic E-state index is -0.768. The zero-order chi connectivity index (χ0) is 13.9. The molecule has 19 heavy (non-hydrogen) atoms. The Morgan fingerprint density at radius 1 is 1.53 bits per heavy atom. The first-order valence-electron chi connectivity index (χ1n) is 6.46. The number of piperidine rings is 1. The molecule has 1 unspecified atom stereocenters. The van der Waals surface area contributed by atoms with Crippen LogP contribution in [0.25, 0.3) is 0 Å². The highest BCUT2D eigenvalue weighted by Crippen LogP contribution is 2.20. The van der Waals surface area contributed by atoms with Crippen LogP contribution in [0.4, 0.5) is 5.95 Å². The molecule has 0 aromatic carbocycles. The van der Waals surface area contributed by atoms with Crippen LogP contribution in [0, 0.1) is 0 Å². The van der Waals surface area contributed by atoms with E-state index < -0.39 is 5.60 Å². The molecular weight excluding hydrogens is 244 g/mol. The number of likely N-dealkylation sites (tertiary alicyclic amines) is 1. The summed E-state index contributed by atoms with van der Waals surface area (Å²) in [5.74, 6) is 0.523. The maximum atomic E-state index is 12.2. The first-order valence-corrected chi connectivity index (χ1v) is 6.46. The van der Waals surface area contributed by atoms with Crippen molar-refractivity contribution in [3.8, 4) is 0 Å². The van der Waals surface area contributed by atoms with E-state index in [0.29, 0.717) is 19.0 Å². The maximum absolute atomic E-state index is 12.2.